The summed E-state index contributed by atoms with van der Waals surface area (Å²) in [6, 6.07) is 7.17. The lowest BCUT2D eigenvalue weighted by atomic mass is 10.1. The first kappa shape index (κ1) is 20.5. The van der Waals surface area contributed by atoms with Crippen molar-refractivity contribution in [2.24, 2.45) is 0 Å². The van der Waals surface area contributed by atoms with E-state index in [4.69, 9.17) is 4.74 Å². The van der Waals surface area contributed by atoms with Crippen molar-refractivity contribution in [2.75, 3.05) is 11.4 Å². The third-order valence-corrected chi connectivity index (χ3v) is 4.63. The molecule has 9 nitrogen and oxygen atoms in total. The second kappa shape index (κ2) is 8.14. The Hall–Kier alpha value is -3.80. The summed E-state index contributed by atoms with van der Waals surface area (Å²) in [5.41, 5.74) is 1.21. The zero-order valence-electron chi connectivity index (χ0n) is 15.8. The summed E-state index contributed by atoms with van der Waals surface area (Å²) in [5.74, 6) is -0.385. The number of rotatable bonds is 6. The van der Waals surface area contributed by atoms with Crippen LogP contribution < -0.4 is 4.90 Å². The summed E-state index contributed by atoms with van der Waals surface area (Å²) in [6.07, 6.45) is -4.73. The topological polar surface area (TPSA) is 106 Å². The summed E-state index contributed by atoms with van der Waals surface area (Å²) < 4.78 is 44.8. The van der Waals surface area contributed by atoms with Gasteiger partial charge in [-0.15, -0.1) is 15.0 Å². The Kier molecular flexibility index (Phi) is 5.38. The van der Waals surface area contributed by atoms with Crippen LogP contribution in [-0.4, -0.2) is 61.6 Å². The fourth-order valence-corrected chi connectivity index (χ4v) is 3.03. The fourth-order valence-electron chi connectivity index (χ4n) is 3.03. The molecule has 0 radical (unpaired) electrons. The highest BCUT2D eigenvalue weighted by Gasteiger charge is 2.40. The number of aliphatic hydroxyl groups is 1. The molecule has 0 bridgehead atoms. The first-order valence-corrected chi connectivity index (χ1v) is 9.00. The van der Waals surface area contributed by atoms with E-state index in [1.165, 1.54) is 29.3 Å². The van der Waals surface area contributed by atoms with Crippen molar-refractivity contribution < 1.29 is 27.8 Å². The monoisotopic (exact) mass is 432 g/mol. The van der Waals surface area contributed by atoms with Crippen molar-refractivity contribution in [3.05, 3.63) is 48.9 Å². The van der Waals surface area contributed by atoms with E-state index in [2.05, 4.69) is 27.0 Å². The van der Waals surface area contributed by atoms with Crippen molar-refractivity contribution in [1.29, 1.82) is 0 Å². The van der Waals surface area contributed by atoms with Crippen LogP contribution in [0, 0.1) is 5.82 Å². The predicted octanol–water partition coefficient (Wildman–Crippen LogP) is 2.59. The first-order valence-electron chi connectivity index (χ1n) is 9.00. The maximum Gasteiger partial charge on any atom is 0.414 e. The molecule has 0 spiro atoms. The number of hydrogen-bond acceptors (Lipinski definition) is 7. The lowest BCUT2D eigenvalue weighted by Crippen LogP contribution is -2.36. The van der Waals surface area contributed by atoms with Crippen LogP contribution in [0.1, 0.15) is 0 Å². The number of nitrogens with zero attached hydrogens (tertiary/aromatic N) is 6. The smallest absolute Gasteiger partial charge is 0.414 e. The number of tetrazole rings is 1. The minimum atomic E-state index is -3.07. The second-order valence-corrected chi connectivity index (χ2v) is 6.57. The molecule has 1 aliphatic heterocycles. The molecule has 1 fully saturated rings. The Labute approximate surface area is 173 Å². The van der Waals surface area contributed by atoms with Gasteiger partial charge in [-0.25, -0.2) is 18.0 Å². The highest BCUT2D eigenvalue weighted by Crippen LogP contribution is 2.30. The number of hydrogen-bond donors (Lipinski definition) is 1. The van der Waals surface area contributed by atoms with Crippen molar-refractivity contribution in [2.45, 2.75) is 18.6 Å². The van der Waals surface area contributed by atoms with Gasteiger partial charge in [0.05, 0.1) is 12.2 Å². The highest BCUT2D eigenvalue weighted by molar-refractivity contribution is 5.90. The summed E-state index contributed by atoms with van der Waals surface area (Å²) in [7, 11) is 0. The standard InChI is InChI=1S/C19H15F3N6O3/c1-2-28-25-18(24-26-28)14-6-3-10(8-23-14)12-5-4-11(7-13(12)20)27-9-15(31-19(27)30)16(29)17(21)22/h2-8,15-17,29H,1,9H2/t15-,16-/m1/s1. The maximum atomic E-state index is 14.7. The number of anilines is 1. The van der Waals surface area contributed by atoms with Gasteiger partial charge in [0.2, 0.25) is 5.82 Å². The van der Waals surface area contributed by atoms with Crippen LogP contribution in [-0.2, 0) is 4.74 Å². The van der Waals surface area contributed by atoms with E-state index >= 15 is 0 Å². The lowest BCUT2D eigenvalue weighted by Gasteiger charge is -2.16. The molecule has 12 heteroatoms. The number of carbonyl (C=O) groups is 1. The van der Waals surface area contributed by atoms with Crippen molar-refractivity contribution in [3.63, 3.8) is 0 Å². The largest absolute Gasteiger partial charge is 0.441 e. The van der Waals surface area contributed by atoms with Gasteiger partial charge in [0, 0.05) is 23.5 Å². The average molecular weight is 432 g/mol. The summed E-state index contributed by atoms with van der Waals surface area (Å²) >= 11 is 0. The Morgan fingerprint density at radius 2 is 2.10 bits per heavy atom. The quantitative estimate of drug-likeness (QED) is 0.638. The van der Waals surface area contributed by atoms with Crippen LogP contribution in [0.4, 0.5) is 23.7 Å². The molecule has 3 heterocycles. The molecule has 160 valence electrons. The van der Waals surface area contributed by atoms with E-state index in [0.717, 1.165) is 11.0 Å². The van der Waals surface area contributed by atoms with Crippen LogP contribution in [0.2, 0.25) is 0 Å². The van der Waals surface area contributed by atoms with Gasteiger partial charge in [0.15, 0.2) is 12.2 Å². The number of amides is 1. The molecule has 31 heavy (non-hydrogen) atoms. The third-order valence-electron chi connectivity index (χ3n) is 4.63. The van der Waals surface area contributed by atoms with Crippen molar-refractivity contribution in [3.8, 4) is 22.6 Å². The molecule has 1 N–H and O–H groups in total. The number of aromatic nitrogens is 5. The van der Waals surface area contributed by atoms with E-state index in [9.17, 15) is 23.1 Å². The van der Waals surface area contributed by atoms with Gasteiger partial charge in [0.1, 0.15) is 11.5 Å². The number of ether oxygens (including phenoxy) is 1. The van der Waals surface area contributed by atoms with Gasteiger partial charge in [-0.2, -0.15) is 0 Å². The summed E-state index contributed by atoms with van der Waals surface area (Å²) in [5, 5.41) is 21.0. The van der Waals surface area contributed by atoms with Gasteiger partial charge < -0.3 is 9.84 Å². The number of benzene rings is 1. The fraction of sp³-hybridized carbons (Fsp3) is 0.211. The number of alkyl halides is 2. The van der Waals surface area contributed by atoms with E-state index in [-0.39, 0.29) is 23.6 Å². The van der Waals surface area contributed by atoms with E-state index in [0.29, 0.717) is 11.3 Å². The molecule has 0 unspecified atom stereocenters. The molecule has 1 amide bonds. The normalized spacial score (nSPS) is 17.1. The predicted molar refractivity (Wildman–Crippen MR) is 102 cm³/mol. The molecule has 2 aromatic heterocycles. The van der Waals surface area contributed by atoms with Crippen LogP contribution in [0.25, 0.3) is 28.8 Å². The minimum Gasteiger partial charge on any atom is -0.441 e. The molecule has 0 aliphatic carbocycles. The first-order chi connectivity index (χ1) is 14.9. The van der Waals surface area contributed by atoms with Gasteiger partial charge in [-0.3, -0.25) is 9.88 Å². The number of cyclic esters (lactones) is 1. The average Bonchev–Trinajstić information content (AvgIpc) is 3.40. The molecule has 1 saturated heterocycles. The highest BCUT2D eigenvalue weighted by atomic mass is 19.3. The van der Waals surface area contributed by atoms with Crippen molar-refractivity contribution >= 4 is 18.0 Å². The number of halogens is 3. The lowest BCUT2D eigenvalue weighted by molar-refractivity contribution is -0.0641. The minimum absolute atomic E-state index is 0.116. The molecule has 1 aromatic carbocycles. The number of carbonyl (C=O) groups excluding carboxylic acids is 1. The number of aliphatic hydroxyl groups excluding tert-OH is 1. The van der Waals surface area contributed by atoms with E-state index < -0.39 is 30.5 Å². The van der Waals surface area contributed by atoms with Crippen molar-refractivity contribution in [1.82, 2.24) is 25.2 Å². The molecule has 0 saturated carbocycles. The maximum absolute atomic E-state index is 14.7. The number of pyridine rings is 1. The molecule has 3 aromatic rings. The molecular formula is C19H15F3N6O3. The van der Waals surface area contributed by atoms with E-state index in [1.807, 2.05) is 0 Å². The summed E-state index contributed by atoms with van der Waals surface area (Å²) in [6.45, 7) is 3.20. The van der Waals surface area contributed by atoms with Gasteiger partial charge in [-0.05, 0) is 29.5 Å². The Morgan fingerprint density at radius 3 is 2.71 bits per heavy atom. The van der Waals surface area contributed by atoms with Gasteiger partial charge >= 0.3 is 6.09 Å². The Balaban J connectivity index is 1.54. The second-order valence-electron chi connectivity index (χ2n) is 6.57. The van der Waals surface area contributed by atoms with Gasteiger partial charge in [-0.1, -0.05) is 12.6 Å². The molecule has 2 atom stereocenters. The van der Waals surface area contributed by atoms with Crippen LogP contribution in [0.3, 0.4) is 0 Å². The Bertz CT molecular complexity index is 1120. The summed E-state index contributed by atoms with van der Waals surface area (Å²) in [4.78, 5) is 18.3. The third kappa shape index (κ3) is 3.97. The SMILES string of the molecule is C=Cn1nnc(-c2ccc(-c3ccc(N4C[C@H]([C@@H](O)C(F)F)OC4=O)cc3F)cn2)n1. The van der Waals surface area contributed by atoms with Crippen LogP contribution in [0.15, 0.2) is 43.1 Å². The molecule has 1 aliphatic rings. The van der Waals surface area contributed by atoms with Crippen LogP contribution in [0.5, 0.6) is 0 Å². The zero-order valence-corrected chi connectivity index (χ0v) is 15.8. The van der Waals surface area contributed by atoms with E-state index in [1.54, 1.807) is 12.1 Å². The Morgan fingerprint density at radius 1 is 1.29 bits per heavy atom. The molecule has 4 rings (SSSR count). The van der Waals surface area contributed by atoms with Crippen LogP contribution >= 0.6 is 0 Å². The zero-order chi connectivity index (χ0) is 22.1. The van der Waals surface area contributed by atoms with Gasteiger partial charge in [0.25, 0.3) is 6.43 Å². The molecular weight excluding hydrogens is 417 g/mol.